The summed E-state index contributed by atoms with van der Waals surface area (Å²) in [6, 6.07) is 0. The molecule has 0 bridgehead atoms. The fourth-order valence-electron chi connectivity index (χ4n) is 1.79. The van der Waals surface area contributed by atoms with E-state index in [0.717, 1.165) is 32.6 Å². The number of hydrogen-bond donors (Lipinski definition) is 0. The van der Waals surface area contributed by atoms with Crippen LogP contribution in [0.4, 0.5) is 0 Å². The first-order valence-electron chi connectivity index (χ1n) is 4.44. The third-order valence-electron chi connectivity index (χ3n) is 2.65. The molecule has 0 aromatic carbocycles. The largest absolute Gasteiger partial charge is 0.286 e. The van der Waals surface area contributed by atoms with Gasteiger partial charge in [0.05, 0.1) is 0 Å². The van der Waals surface area contributed by atoms with Crippen LogP contribution >= 0.6 is 7.59 Å². The molecule has 5 heteroatoms. The van der Waals surface area contributed by atoms with Crippen molar-refractivity contribution in [3.05, 3.63) is 0 Å². The Morgan fingerprint density at radius 2 is 1.50 bits per heavy atom. The van der Waals surface area contributed by atoms with Crippen LogP contribution in [-0.4, -0.2) is 54.3 Å². The summed E-state index contributed by atoms with van der Waals surface area (Å²) in [7, 11) is 1.68. The van der Waals surface area contributed by atoms with E-state index < -0.39 is 7.59 Å². The molecule has 0 aromatic rings. The van der Waals surface area contributed by atoms with Gasteiger partial charge in [-0.1, -0.05) is 0 Å². The fourth-order valence-corrected chi connectivity index (χ4v) is 4.59. The average molecular weight is 189 g/mol. The zero-order valence-electron chi connectivity index (χ0n) is 7.73. The molecule has 12 heavy (non-hydrogen) atoms. The second-order valence-corrected chi connectivity index (χ2v) is 6.54. The summed E-state index contributed by atoms with van der Waals surface area (Å²) in [4.78, 5) is 0. The molecular formula is C7H16N3OP. The Hall–Kier alpha value is 0.110. The van der Waals surface area contributed by atoms with E-state index in [9.17, 15) is 4.57 Å². The summed E-state index contributed by atoms with van der Waals surface area (Å²) >= 11 is 0. The summed E-state index contributed by atoms with van der Waals surface area (Å²) in [6.45, 7) is 3.95. The van der Waals surface area contributed by atoms with Crippen LogP contribution in [0.2, 0.25) is 0 Å². The molecule has 2 aliphatic rings. The van der Waals surface area contributed by atoms with Gasteiger partial charge in [-0.2, -0.15) is 0 Å². The molecule has 0 aromatic heterocycles. The smallest absolute Gasteiger partial charge is 0.270 e. The summed E-state index contributed by atoms with van der Waals surface area (Å²) < 4.78 is 18.5. The molecule has 2 heterocycles. The Kier molecular flexibility index (Phi) is 2.04. The molecule has 0 unspecified atom stereocenters. The molecule has 2 aliphatic heterocycles. The van der Waals surface area contributed by atoms with Crippen molar-refractivity contribution in [1.82, 2.24) is 14.0 Å². The summed E-state index contributed by atoms with van der Waals surface area (Å²) in [6.07, 6.45) is 1.13. The summed E-state index contributed by atoms with van der Waals surface area (Å²) in [5, 5.41) is 0. The van der Waals surface area contributed by atoms with Crippen LogP contribution in [0.25, 0.3) is 0 Å². The van der Waals surface area contributed by atoms with Crippen LogP contribution in [0.15, 0.2) is 0 Å². The fraction of sp³-hybridized carbons (Fsp3) is 1.00. The molecule has 0 N–H and O–H groups in total. The quantitative estimate of drug-likeness (QED) is 0.447. The van der Waals surface area contributed by atoms with E-state index in [1.807, 2.05) is 23.4 Å². The van der Waals surface area contributed by atoms with Gasteiger partial charge in [0.2, 0.25) is 0 Å². The van der Waals surface area contributed by atoms with Crippen LogP contribution < -0.4 is 0 Å². The first kappa shape index (κ1) is 8.70. The molecule has 70 valence electrons. The van der Waals surface area contributed by atoms with Crippen molar-refractivity contribution in [2.45, 2.75) is 6.42 Å². The molecule has 0 atom stereocenters. The van der Waals surface area contributed by atoms with Gasteiger partial charge < -0.3 is 0 Å². The minimum atomic E-state index is -2.26. The van der Waals surface area contributed by atoms with Crippen molar-refractivity contribution < 1.29 is 4.57 Å². The van der Waals surface area contributed by atoms with Gasteiger partial charge in [0.15, 0.2) is 0 Å². The lowest BCUT2D eigenvalue weighted by Crippen LogP contribution is -2.37. The zero-order valence-corrected chi connectivity index (χ0v) is 8.63. The second-order valence-electron chi connectivity index (χ2n) is 3.58. The molecule has 4 nitrogen and oxygen atoms in total. The van der Waals surface area contributed by atoms with Crippen LogP contribution in [-0.2, 0) is 4.57 Å². The average Bonchev–Trinajstić information content (AvgIpc) is 2.82. The van der Waals surface area contributed by atoms with Gasteiger partial charge in [-0.15, -0.1) is 0 Å². The number of hydrogen-bond acceptors (Lipinski definition) is 1. The standard InChI is InChI=1S/C7H16N3OP/c1-8-4-3-5-9(2)12(8,11)10-6-7-10/h3-7H2,1-2H3. The maximum absolute atomic E-state index is 12.4. The predicted octanol–water partition coefficient (Wildman–Crippen LogP) is 0.677. The van der Waals surface area contributed by atoms with Crippen molar-refractivity contribution in [3.8, 4) is 0 Å². The van der Waals surface area contributed by atoms with Crippen LogP contribution in [0.3, 0.4) is 0 Å². The van der Waals surface area contributed by atoms with Gasteiger partial charge in [-0.3, -0.25) is 4.57 Å². The van der Waals surface area contributed by atoms with E-state index in [4.69, 9.17) is 0 Å². The Morgan fingerprint density at radius 1 is 1.00 bits per heavy atom. The van der Waals surface area contributed by atoms with E-state index in [0.29, 0.717) is 0 Å². The summed E-state index contributed by atoms with van der Waals surface area (Å²) in [5.74, 6) is 0. The van der Waals surface area contributed by atoms with Gasteiger partial charge in [-0.25, -0.2) is 14.0 Å². The van der Waals surface area contributed by atoms with Crippen molar-refractivity contribution in [1.29, 1.82) is 0 Å². The monoisotopic (exact) mass is 189 g/mol. The Bertz CT molecular complexity index is 215. The zero-order chi connectivity index (χ0) is 8.77. The molecule has 0 radical (unpaired) electrons. The Labute approximate surface area is 73.7 Å². The molecule has 2 saturated heterocycles. The van der Waals surface area contributed by atoms with E-state index in [1.54, 1.807) is 0 Å². The predicted molar refractivity (Wildman–Crippen MR) is 49.1 cm³/mol. The van der Waals surface area contributed by atoms with E-state index in [1.165, 1.54) is 0 Å². The highest BCUT2D eigenvalue weighted by molar-refractivity contribution is 7.56. The summed E-state index contributed by atoms with van der Waals surface area (Å²) in [5.41, 5.74) is 0. The van der Waals surface area contributed by atoms with Gasteiger partial charge in [0.25, 0.3) is 7.59 Å². The van der Waals surface area contributed by atoms with Gasteiger partial charge in [-0.05, 0) is 20.5 Å². The van der Waals surface area contributed by atoms with E-state index in [2.05, 4.69) is 4.67 Å². The number of rotatable bonds is 1. The lowest BCUT2D eigenvalue weighted by atomic mass is 10.4. The van der Waals surface area contributed by atoms with Gasteiger partial charge in [0.1, 0.15) is 0 Å². The lowest BCUT2D eigenvalue weighted by Gasteiger charge is -2.39. The first-order chi connectivity index (χ1) is 5.65. The highest BCUT2D eigenvalue weighted by Crippen LogP contribution is 2.59. The molecule has 2 fully saturated rings. The van der Waals surface area contributed by atoms with Crippen molar-refractivity contribution >= 4 is 7.59 Å². The van der Waals surface area contributed by atoms with Crippen LogP contribution in [0, 0.1) is 0 Å². The second kappa shape index (κ2) is 2.81. The molecule has 0 aliphatic carbocycles. The normalized spacial score (nSPS) is 32.2. The molecule has 0 amide bonds. The maximum atomic E-state index is 12.4. The topological polar surface area (TPSA) is 26.6 Å². The molecular weight excluding hydrogens is 173 g/mol. The molecule has 0 saturated carbocycles. The Balaban J connectivity index is 2.22. The van der Waals surface area contributed by atoms with Crippen molar-refractivity contribution in [2.24, 2.45) is 0 Å². The van der Waals surface area contributed by atoms with Gasteiger partial charge in [0, 0.05) is 26.2 Å². The third-order valence-corrected chi connectivity index (χ3v) is 5.96. The maximum Gasteiger partial charge on any atom is 0.286 e. The van der Waals surface area contributed by atoms with Crippen LogP contribution in [0.5, 0.6) is 0 Å². The number of nitrogens with zero attached hydrogens (tertiary/aromatic N) is 3. The Morgan fingerprint density at radius 3 is 1.92 bits per heavy atom. The SMILES string of the molecule is CN1CCCN(C)P1(=O)N1CC1. The molecule has 2 rings (SSSR count). The van der Waals surface area contributed by atoms with Crippen molar-refractivity contribution in [2.75, 3.05) is 40.3 Å². The molecule has 0 spiro atoms. The van der Waals surface area contributed by atoms with E-state index in [-0.39, 0.29) is 0 Å². The highest BCUT2D eigenvalue weighted by atomic mass is 31.2. The minimum Gasteiger partial charge on any atom is -0.270 e. The minimum absolute atomic E-state index is 0.970. The first-order valence-corrected chi connectivity index (χ1v) is 6.01. The third kappa shape index (κ3) is 1.14. The van der Waals surface area contributed by atoms with E-state index >= 15 is 0 Å². The van der Waals surface area contributed by atoms with Crippen LogP contribution in [0.1, 0.15) is 6.42 Å². The van der Waals surface area contributed by atoms with Crippen molar-refractivity contribution in [3.63, 3.8) is 0 Å². The van der Waals surface area contributed by atoms with Gasteiger partial charge >= 0.3 is 0 Å². The lowest BCUT2D eigenvalue weighted by molar-refractivity contribution is 0.308. The highest BCUT2D eigenvalue weighted by Gasteiger charge is 2.46.